The fourth-order valence-corrected chi connectivity index (χ4v) is 7.55. The molecule has 2 aliphatic heterocycles. The van der Waals surface area contributed by atoms with Crippen molar-refractivity contribution in [1.29, 1.82) is 0 Å². The maximum absolute atomic E-state index is 12.8. The Morgan fingerprint density at radius 1 is 0.595 bits per heavy atom. The first-order chi connectivity index (χ1) is 19.6. The van der Waals surface area contributed by atoms with Crippen LogP contribution in [-0.4, -0.2) is 56.1 Å². The summed E-state index contributed by atoms with van der Waals surface area (Å²) in [5.74, 6) is -1.00. The van der Waals surface area contributed by atoms with Gasteiger partial charge in [0.25, 0.3) is 0 Å². The lowest BCUT2D eigenvalue weighted by molar-refractivity contribution is -0.158. The molecule has 2 aliphatic rings. The van der Waals surface area contributed by atoms with Gasteiger partial charge in [-0.25, -0.2) is 9.59 Å². The fraction of sp³-hybridized carbons (Fsp3) is 0.556. The molecule has 42 heavy (non-hydrogen) atoms. The second kappa shape index (κ2) is 12.3. The van der Waals surface area contributed by atoms with Crippen LogP contribution in [0.15, 0.2) is 72.8 Å². The molecule has 0 unspecified atom stereocenters. The molecule has 0 saturated carbocycles. The van der Waals surface area contributed by atoms with Gasteiger partial charge in [0.2, 0.25) is 0 Å². The lowest BCUT2D eigenvalue weighted by Gasteiger charge is -2.55. The summed E-state index contributed by atoms with van der Waals surface area (Å²) < 4.78 is 11.7. The predicted molar refractivity (Wildman–Crippen MR) is 168 cm³/mol. The summed E-state index contributed by atoms with van der Waals surface area (Å²) in [5, 5.41) is 0. The van der Waals surface area contributed by atoms with Crippen molar-refractivity contribution in [1.82, 2.24) is 9.80 Å². The number of nitrogens with zero attached hydrogens (tertiary/aromatic N) is 2. The highest BCUT2D eigenvalue weighted by molar-refractivity contribution is 5.91. The third-order valence-corrected chi connectivity index (χ3v) is 9.12. The highest BCUT2D eigenvalue weighted by Crippen LogP contribution is 2.42. The van der Waals surface area contributed by atoms with E-state index in [2.05, 4.69) is 114 Å². The Morgan fingerprint density at radius 3 is 1.17 bits per heavy atom. The zero-order valence-electron chi connectivity index (χ0n) is 26.9. The topological polar surface area (TPSA) is 59.1 Å². The van der Waals surface area contributed by atoms with E-state index < -0.39 is 11.9 Å². The molecule has 0 atom stereocenters. The van der Waals surface area contributed by atoms with Gasteiger partial charge in [-0.2, -0.15) is 0 Å². The lowest BCUT2D eigenvalue weighted by atomic mass is 9.77. The van der Waals surface area contributed by atoms with Gasteiger partial charge in [-0.05, 0) is 66.5 Å². The number of rotatable bonds is 8. The number of benzene rings is 2. The Morgan fingerprint density at radius 2 is 0.881 bits per heavy atom. The van der Waals surface area contributed by atoms with Crippen LogP contribution < -0.4 is 0 Å². The smallest absolute Gasteiger partial charge is 0.331 e. The molecule has 0 bridgehead atoms. The van der Waals surface area contributed by atoms with E-state index >= 15 is 0 Å². The zero-order valence-corrected chi connectivity index (χ0v) is 26.9. The maximum atomic E-state index is 12.8. The fourth-order valence-electron chi connectivity index (χ4n) is 7.55. The second-order valence-corrected chi connectivity index (χ2v) is 14.7. The molecule has 228 valence electrons. The van der Waals surface area contributed by atoms with Gasteiger partial charge in [-0.1, -0.05) is 60.7 Å². The molecule has 2 fully saturated rings. The van der Waals surface area contributed by atoms with E-state index in [1.54, 1.807) is 0 Å². The molecule has 4 rings (SSSR count). The summed E-state index contributed by atoms with van der Waals surface area (Å²) in [4.78, 5) is 30.6. The van der Waals surface area contributed by atoms with Crippen molar-refractivity contribution < 1.29 is 19.1 Å². The molecule has 0 aromatic heterocycles. The van der Waals surface area contributed by atoms with Gasteiger partial charge in [-0.15, -0.1) is 0 Å². The first-order valence-corrected chi connectivity index (χ1v) is 15.3. The van der Waals surface area contributed by atoms with E-state index in [0.29, 0.717) is 0 Å². The van der Waals surface area contributed by atoms with Crippen LogP contribution in [0.3, 0.4) is 0 Å². The molecule has 0 radical (unpaired) electrons. The van der Waals surface area contributed by atoms with Crippen molar-refractivity contribution in [2.45, 2.75) is 129 Å². The molecule has 2 aromatic carbocycles. The minimum absolute atomic E-state index is 0.167. The molecule has 2 heterocycles. The number of carbonyl (C=O) groups is 2. The standard InChI is InChI=1S/C36H50N2O4/c1-33(2)21-29(22-34(3,4)37(33)25-27-15-11-9-12-16-27)41-31(39)19-20-32(40)42-30-23-35(5,6)38(36(7,8)24-30)26-28-17-13-10-14-18-28/h9-20,29-30H,21-26H2,1-8H3/b20-19-. The first-order valence-electron chi connectivity index (χ1n) is 15.3. The van der Waals surface area contributed by atoms with Gasteiger partial charge in [0.15, 0.2) is 0 Å². The summed E-state index contributed by atoms with van der Waals surface area (Å²) in [7, 11) is 0. The summed E-state index contributed by atoms with van der Waals surface area (Å²) in [6.45, 7) is 19.3. The molecule has 2 aromatic rings. The van der Waals surface area contributed by atoms with Crippen LogP contribution in [0.25, 0.3) is 0 Å². The Labute approximate surface area is 253 Å². The molecule has 0 spiro atoms. The van der Waals surface area contributed by atoms with Crippen LogP contribution in [0.2, 0.25) is 0 Å². The number of hydrogen-bond acceptors (Lipinski definition) is 6. The Balaban J connectivity index is 1.31. The van der Waals surface area contributed by atoms with Crippen molar-refractivity contribution >= 4 is 11.9 Å². The molecule has 0 amide bonds. The van der Waals surface area contributed by atoms with E-state index in [9.17, 15) is 9.59 Å². The van der Waals surface area contributed by atoms with Crippen LogP contribution in [0.5, 0.6) is 0 Å². The van der Waals surface area contributed by atoms with Crippen LogP contribution >= 0.6 is 0 Å². The van der Waals surface area contributed by atoms with Crippen LogP contribution in [0, 0.1) is 0 Å². The number of piperidine rings is 2. The Kier molecular flexibility index (Phi) is 9.39. The second-order valence-electron chi connectivity index (χ2n) is 14.7. The van der Waals surface area contributed by atoms with E-state index in [4.69, 9.17) is 9.47 Å². The van der Waals surface area contributed by atoms with E-state index in [-0.39, 0.29) is 34.4 Å². The molecule has 2 saturated heterocycles. The van der Waals surface area contributed by atoms with Crippen LogP contribution in [0.1, 0.15) is 92.2 Å². The minimum atomic E-state index is -0.501. The SMILES string of the molecule is CC1(C)CC(OC(=O)/C=C\C(=O)OC2CC(C)(C)N(Cc3ccccc3)C(C)(C)C2)CC(C)(C)N1Cc1ccccc1. The molecule has 0 N–H and O–H groups in total. The van der Waals surface area contributed by atoms with E-state index in [1.807, 2.05) is 12.1 Å². The number of hydrogen-bond donors (Lipinski definition) is 0. The van der Waals surface area contributed by atoms with Crippen molar-refractivity contribution in [3.63, 3.8) is 0 Å². The summed E-state index contributed by atoms with van der Waals surface area (Å²) >= 11 is 0. The number of ether oxygens (including phenoxy) is 2. The Hall–Kier alpha value is -2.96. The number of esters is 2. The van der Waals surface area contributed by atoms with Gasteiger partial charge in [0, 0.05) is 73.1 Å². The molecule has 6 heteroatoms. The summed E-state index contributed by atoms with van der Waals surface area (Å²) in [5.41, 5.74) is 1.87. The monoisotopic (exact) mass is 574 g/mol. The van der Waals surface area contributed by atoms with E-state index in [0.717, 1.165) is 38.8 Å². The normalized spacial score (nSPS) is 22.6. The average Bonchev–Trinajstić information content (AvgIpc) is 2.87. The van der Waals surface area contributed by atoms with Gasteiger partial charge in [0.1, 0.15) is 12.2 Å². The van der Waals surface area contributed by atoms with Crippen LogP contribution in [-0.2, 0) is 32.2 Å². The Bertz CT molecular complexity index is 1120. The highest BCUT2D eigenvalue weighted by atomic mass is 16.5. The van der Waals surface area contributed by atoms with Gasteiger partial charge >= 0.3 is 11.9 Å². The van der Waals surface area contributed by atoms with Crippen molar-refractivity contribution in [3.05, 3.63) is 83.9 Å². The summed E-state index contributed by atoms with van der Waals surface area (Å²) in [6, 6.07) is 20.9. The van der Waals surface area contributed by atoms with E-state index in [1.165, 1.54) is 23.3 Å². The van der Waals surface area contributed by atoms with Gasteiger partial charge in [0.05, 0.1) is 0 Å². The molecule has 6 nitrogen and oxygen atoms in total. The van der Waals surface area contributed by atoms with Crippen LogP contribution in [0.4, 0.5) is 0 Å². The third kappa shape index (κ3) is 7.90. The number of carbonyl (C=O) groups excluding carboxylic acids is 2. The van der Waals surface area contributed by atoms with Gasteiger partial charge < -0.3 is 9.47 Å². The predicted octanol–water partition coefficient (Wildman–Crippen LogP) is 7.07. The maximum Gasteiger partial charge on any atom is 0.331 e. The average molecular weight is 575 g/mol. The molecular formula is C36H50N2O4. The minimum Gasteiger partial charge on any atom is -0.459 e. The lowest BCUT2D eigenvalue weighted by Crippen LogP contribution is -2.61. The first kappa shape index (κ1) is 32.0. The number of likely N-dealkylation sites (tertiary alicyclic amines) is 2. The quantitative estimate of drug-likeness (QED) is 0.248. The van der Waals surface area contributed by atoms with Crippen molar-refractivity contribution in [2.75, 3.05) is 0 Å². The summed E-state index contributed by atoms with van der Waals surface area (Å²) in [6.07, 6.45) is 4.87. The zero-order chi connectivity index (χ0) is 30.8. The largest absolute Gasteiger partial charge is 0.459 e. The van der Waals surface area contributed by atoms with Crippen molar-refractivity contribution in [2.24, 2.45) is 0 Å². The third-order valence-electron chi connectivity index (χ3n) is 9.12. The highest BCUT2D eigenvalue weighted by Gasteiger charge is 2.47. The van der Waals surface area contributed by atoms with Gasteiger partial charge in [-0.3, -0.25) is 9.80 Å². The molecular weight excluding hydrogens is 524 g/mol. The molecule has 0 aliphatic carbocycles. The van der Waals surface area contributed by atoms with Crippen molar-refractivity contribution in [3.8, 4) is 0 Å².